The largest absolute Gasteiger partial charge is 0.507 e. The molecular weight excluding hydrogens is 336 g/mol. The van der Waals surface area contributed by atoms with Gasteiger partial charge in [0.15, 0.2) is 5.78 Å². The number of fused-ring (bicyclic) bond motifs is 1. The number of Topliss-reactive ketones (excluding diaryl/α,β-unsaturated/α-hetero) is 1. The summed E-state index contributed by atoms with van der Waals surface area (Å²) < 4.78 is 0. The maximum atomic E-state index is 12.3. The first-order valence-electron chi connectivity index (χ1n) is 9.12. The molecule has 0 spiro atoms. The van der Waals surface area contributed by atoms with Crippen molar-refractivity contribution in [2.75, 3.05) is 0 Å². The molecule has 1 aliphatic carbocycles. The molecule has 0 unspecified atom stereocenters. The SMILES string of the molecule is CC(C)(C)[Si](C)(C)C#Cc1ccc(-c2c(O)ccc3c2C(=O)CC3)cc1. The molecule has 1 N–H and O–H groups in total. The van der Waals surface area contributed by atoms with Crippen LogP contribution < -0.4 is 0 Å². The summed E-state index contributed by atoms with van der Waals surface area (Å²) in [5, 5.41) is 10.6. The lowest BCUT2D eigenvalue weighted by atomic mass is 9.95. The van der Waals surface area contributed by atoms with Gasteiger partial charge in [-0.25, -0.2) is 0 Å². The van der Waals surface area contributed by atoms with Crippen molar-refractivity contribution in [2.24, 2.45) is 0 Å². The number of carbonyl (C=O) groups excluding carboxylic acids is 1. The minimum absolute atomic E-state index is 0.118. The molecule has 3 heteroatoms. The molecule has 0 aliphatic heterocycles. The van der Waals surface area contributed by atoms with Gasteiger partial charge in [-0.05, 0) is 40.8 Å². The van der Waals surface area contributed by atoms with Gasteiger partial charge in [0.2, 0.25) is 0 Å². The van der Waals surface area contributed by atoms with E-state index in [-0.39, 0.29) is 16.6 Å². The first-order valence-corrected chi connectivity index (χ1v) is 12.1. The molecule has 0 heterocycles. The van der Waals surface area contributed by atoms with E-state index in [1.165, 1.54) is 0 Å². The fourth-order valence-electron chi connectivity index (χ4n) is 2.96. The molecule has 2 nitrogen and oxygen atoms in total. The summed E-state index contributed by atoms with van der Waals surface area (Å²) in [5.41, 5.74) is 7.74. The van der Waals surface area contributed by atoms with Gasteiger partial charge in [-0.1, -0.05) is 58.0 Å². The molecule has 3 rings (SSSR count). The van der Waals surface area contributed by atoms with E-state index in [0.717, 1.165) is 23.1 Å². The van der Waals surface area contributed by atoms with Crippen LogP contribution in [0, 0.1) is 11.5 Å². The molecule has 0 atom stereocenters. The van der Waals surface area contributed by atoms with Crippen molar-refractivity contribution >= 4 is 13.9 Å². The topological polar surface area (TPSA) is 37.3 Å². The van der Waals surface area contributed by atoms with Crippen LogP contribution in [-0.4, -0.2) is 19.0 Å². The number of ketones is 1. The number of rotatable bonds is 1. The Balaban J connectivity index is 1.96. The van der Waals surface area contributed by atoms with Crippen molar-refractivity contribution in [3.63, 3.8) is 0 Å². The fraction of sp³-hybridized carbons (Fsp3) is 0.348. The number of phenolic OH excluding ortho intramolecular Hbond substituents is 1. The lowest BCUT2D eigenvalue weighted by Crippen LogP contribution is -2.35. The number of hydrogen-bond donors (Lipinski definition) is 1. The van der Waals surface area contributed by atoms with Gasteiger partial charge in [-0.15, -0.1) is 5.54 Å². The number of phenols is 1. The fourth-order valence-corrected chi connectivity index (χ4v) is 3.80. The summed E-state index contributed by atoms with van der Waals surface area (Å²) >= 11 is 0. The van der Waals surface area contributed by atoms with Crippen molar-refractivity contribution in [1.29, 1.82) is 0 Å². The van der Waals surface area contributed by atoms with Gasteiger partial charge in [0.05, 0.1) is 0 Å². The number of aromatic hydroxyl groups is 1. The van der Waals surface area contributed by atoms with E-state index in [1.54, 1.807) is 6.07 Å². The summed E-state index contributed by atoms with van der Waals surface area (Å²) in [6.07, 6.45) is 1.29. The zero-order chi connectivity index (χ0) is 19.1. The molecule has 0 saturated heterocycles. The first kappa shape index (κ1) is 18.5. The summed E-state index contributed by atoms with van der Waals surface area (Å²) in [6.45, 7) is 11.4. The average molecular weight is 363 g/mol. The van der Waals surface area contributed by atoms with Crippen LogP contribution in [0.3, 0.4) is 0 Å². The zero-order valence-electron chi connectivity index (χ0n) is 16.2. The Morgan fingerprint density at radius 1 is 0.962 bits per heavy atom. The molecule has 0 aromatic heterocycles. The molecule has 0 amide bonds. The summed E-state index contributed by atoms with van der Waals surface area (Å²) in [5.74, 6) is 3.61. The molecule has 134 valence electrons. The maximum Gasteiger partial charge on any atom is 0.164 e. The van der Waals surface area contributed by atoms with Crippen LogP contribution in [-0.2, 0) is 6.42 Å². The number of aryl methyl sites for hydroxylation is 1. The highest BCUT2D eigenvalue weighted by Crippen LogP contribution is 2.39. The summed E-state index contributed by atoms with van der Waals surface area (Å²) in [4.78, 5) is 12.3. The van der Waals surface area contributed by atoms with Gasteiger partial charge >= 0.3 is 0 Å². The third-order valence-electron chi connectivity index (χ3n) is 5.74. The first-order chi connectivity index (χ1) is 12.1. The van der Waals surface area contributed by atoms with E-state index in [9.17, 15) is 9.90 Å². The highest BCUT2D eigenvalue weighted by Gasteiger charge is 2.33. The van der Waals surface area contributed by atoms with Crippen LogP contribution in [0.15, 0.2) is 36.4 Å². The van der Waals surface area contributed by atoms with E-state index in [2.05, 4.69) is 45.3 Å². The maximum absolute atomic E-state index is 12.3. The highest BCUT2D eigenvalue weighted by molar-refractivity contribution is 6.87. The second kappa shape index (κ2) is 6.45. The Hall–Kier alpha value is -2.31. The van der Waals surface area contributed by atoms with E-state index < -0.39 is 8.07 Å². The molecule has 2 aromatic carbocycles. The Morgan fingerprint density at radius 3 is 2.23 bits per heavy atom. The molecule has 1 aliphatic rings. The van der Waals surface area contributed by atoms with Gasteiger partial charge in [0, 0.05) is 23.1 Å². The Kier molecular flexibility index (Phi) is 4.58. The minimum Gasteiger partial charge on any atom is -0.507 e. The van der Waals surface area contributed by atoms with Crippen molar-refractivity contribution in [3.8, 4) is 28.3 Å². The minimum atomic E-state index is -1.64. The van der Waals surface area contributed by atoms with E-state index >= 15 is 0 Å². The number of benzene rings is 2. The lowest BCUT2D eigenvalue weighted by molar-refractivity contribution is 0.0995. The quantitative estimate of drug-likeness (QED) is 0.530. The van der Waals surface area contributed by atoms with E-state index in [4.69, 9.17) is 0 Å². The molecule has 2 aromatic rings. The van der Waals surface area contributed by atoms with Crippen LogP contribution in [0.1, 0.15) is 48.7 Å². The van der Waals surface area contributed by atoms with Gasteiger partial charge in [-0.3, -0.25) is 4.79 Å². The predicted octanol–water partition coefficient (Wildman–Crippen LogP) is 5.59. The Bertz CT molecular complexity index is 920. The van der Waals surface area contributed by atoms with Crippen molar-refractivity contribution in [2.45, 2.75) is 51.7 Å². The normalized spacial score (nSPS) is 14.0. The summed E-state index contributed by atoms with van der Waals surface area (Å²) in [7, 11) is -1.64. The molecular formula is C23H26O2Si. The van der Waals surface area contributed by atoms with Crippen LogP contribution in [0.5, 0.6) is 5.75 Å². The third kappa shape index (κ3) is 3.34. The molecule has 0 saturated carbocycles. The van der Waals surface area contributed by atoms with Gasteiger partial charge in [0.1, 0.15) is 13.8 Å². The van der Waals surface area contributed by atoms with Gasteiger partial charge in [-0.2, -0.15) is 0 Å². The second-order valence-electron chi connectivity index (χ2n) is 8.62. The molecule has 0 fully saturated rings. The summed E-state index contributed by atoms with van der Waals surface area (Å²) in [6, 6.07) is 11.4. The van der Waals surface area contributed by atoms with Gasteiger partial charge in [0.25, 0.3) is 0 Å². The predicted molar refractivity (Wildman–Crippen MR) is 110 cm³/mol. The van der Waals surface area contributed by atoms with Crippen molar-refractivity contribution in [1.82, 2.24) is 0 Å². The van der Waals surface area contributed by atoms with E-state index in [1.807, 2.05) is 30.3 Å². The lowest BCUT2D eigenvalue weighted by Gasteiger charge is -2.31. The van der Waals surface area contributed by atoms with E-state index in [0.29, 0.717) is 17.5 Å². The second-order valence-corrected chi connectivity index (χ2v) is 13.6. The van der Waals surface area contributed by atoms with Gasteiger partial charge < -0.3 is 5.11 Å². The average Bonchev–Trinajstić information content (AvgIpc) is 2.94. The number of hydrogen-bond acceptors (Lipinski definition) is 2. The monoisotopic (exact) mass is 362 g/mol. The van der Waals surface area contributed by atoms with Crippen molar-refractivity contribution in [3.05, 3.63) is 53.1 Å². The van der Waals surface area contributed by atoms with Crippen LogP contribution in [0.2, 0.25) is 18.1 Å². The molecule has 0 radical (unpaired) electrons. The van der Waals surface area contributed by atoms with Crippen LogP contribution >= 0.6 is 0 Å². The zero-order valence-corrected chi connectivity index (χ0v) is 17.2. The highest BCUT2D eigenvalue weighted by atomic mass is 28.3. The third-order valence-corrected chi connectivity index (χ3v) is 10.2. The molecule has 0 bridgehead atoms. The smallest absolute Gasteiger partial charge is 0.164 e. The number of carbonyl (C=O) groups is 1. The van der Waals surface area contributed by atoms with Crippen molar-refractivity contribution < 1.29 is 9.90 Å². The van der Waals surface area contributed by atoms with Crippen LogP contribution in [0.4, 0.5) is 0 Å². The Morgan fingerprint density at radius 2 is 1.62 bits per heavy atom. The van der Waals surface area contributed by atoms with Crippen LogP contribution in [0.25, 0.3) is 11.1 Å². The Labute approximate surface area is 157 Å². The standard InChI is InChI=1S/C23H26O2Si/c1-23(2,3)26(4,5)15-14-16-6-8-17(9-7-16)21-19(24)12-10-18-11-13-20(25)22(18)21/h6-10,12,24H,11,13H2,1-5H3. The molecule has 26 heavy (non-hydrogen) atoms.